The van der Waals surface area contributed by atoms with Gasteiger partial charge in [-0.2, -0.15) is 0 Å². The lowest BCUT2D eigenvalue weighted by molar-refractivity contribution is -0.151. The number of amides is 3. The fraction of sp³-hybridized carbons (Fsp3) is 0.500. The molecule has 1 aromatic carbocycles. The van der Waals surface area contributed by atoms with Gasteiger partial charge in [-0.15, -0.1) is 0 Å². The van der Waals surface area contributed by atoms with E-state index < -0.39 is 36.2 Å². The first-order valence-electron chi connectivity index (χ1n) is 11.3. The number of alkyl carbamates (subject to hydrolysis) is 1. The van der Waals surface area contributed by atoms with Gasteiger partial charge in [0.05, 0.1) is 19.1 Å². The fourth-order valence-corrected chi connectivity index (χ4v) is 3.21. The van der Waals surface area contributed by atoms with E-state index in [4.69, 9.17) is 14.6 Å². The number of rotatable bonds is 7. The molecule has 0 fully saturated rings. The number of hydrogen-bond acceptors (Lipinski definition) is 7. The van der Waals surface area contributed by atoms with E-state index >= 15 is 0 Å². The fourth-order valence-electron chi connectivity index (χ4n) is 3.21. The number of hydrogen-bond donors (Lipinski definition) is 4. The zero-order valence-corrected chi connectivity index (χ0v) is 19.5. The smallest absolute Gasteiger partial charge is 0.408 e. The topological polar surface area (TPSA) is 143 Å². The third kappa shape index (κ3) is 9.62. The number of allylic oxidation sites excluding steroid dienone is 1. The van der Waals surface area contributed by atoms with Crippen molar-refractivity contribution in [2.24, 2.45) is 5.92 Å². The zero-order chi connectivity index (χ0) is 24.9. The maximum absolute atomic E-state index is 12.6. The van der Waals surface area contributed by atoms with Gasteiger partial charge in [-0.05, 0) is 32.3 Å². The lowest BCUT2D eigenvalue weighted by Gasteiger charge is -2.22. The number of aliphatic hydroxyl groups is 1. The molecule has 10 heteroatoms. The number of carbonyl (C=O) groups excluding carboxylic acids is 4. The molecule has 0 aliphatic carbocycles. The maximum Gasteiger partial charge on any atom is 0.408 e. The van der Waals surface area contributed by atoms with Gasteiger partial charge >= 0.3 is 12.1 Å². The molecule has 10 nitrogen and oxygen atoms in total. The van der Waals surface area contributed by atoms with E-state index in [0.717, 1.165) is 5.56 Å². The summed E-state index contributed by atoms with van der Waals surface area (Å²) in [7, 11) is 0. The number of carbonyl (C=O) groups is 4. The monoisotopic (exact) mass is 475 g/mol. The van der Waals surface area contributed by atoms with E-state index in [1.165, 1.54) is 0 Å². The summed E-state index contributed by atoms with van der Waals surface area (Å²) in [6, 6.07) is 7.77. The van der Waals surface area contributed by atoms with Crippen LogP contribution in [0, 0.1) is 5.92 Å². The average Bonchev–Trinajstić information content (AvgIpc) is 2.82. The molecule has 0 spiro atoms. The van der Waals surface area contributed by atoms with Crippen LogP contribution < -0.4 is 16.0 Å². The van der Waals surface area contributed by atoms with E-state index in [0.29, 0.717) is 0 Å². The predicted octanol–water partition coefficient (Wildman–Crippen LogP) is 1.18. The molecular weight excluding hydrogens is 442 g/mol. The predicted molar refractivity (Wildman–Crippen MR) is 123 cm³/mol. The Morgan fingerprint density at radius 2 is 1.91 bits per heavy atom. The van der Waals surface area contributed by atoms with Crippen LogP contribution in [0.5, 0.6) is 0 Å². The Balaban J connectivity index is 2.00. The van der Waals surface area contributed by atoms with Crippen molar-refractivity contribution in [3.63, 3.8) is 0 Å². The third-order valence-corrected chi connectivity index (χ3v) is 5.11. The summed E-state index contributed by atoms with van der Waals surface area (Å²) < 4.78 is 10.6. The Kier molecular flexibility index (Phi) is 11.0. The zero-order valence-electron chi connectivity index (χ0n) is 19.5. The Labute approximate surface area is 199 Å². The second kappa shape index (κ2) is 14.0. The SMILES string of the molecule is C[C@H](CO)NC(=O)C[C@H]1CC=CC[C@@H](NC(=O)OCc2ccccc2)C(=O)O[C@@H](C)CNC1=O. The van der Waals surface area contributed by atoms with Gasteiger partial charge in [-0.25, -0.2) is 9.59 Å². The molecule has 2 rings (SSSR count). The van der Waals surface area contributed by atoms with Gasteiger partial charge in [-0.1, -0.05) is 42.5 Å². The van der Waals surface area contributed by atoms with E-state index in [1.807, 2.05) is 30.3 Å². The highest BCUT2D eigenvalue weighted by atomic mass is 16.6. The van der Waals surface area contributed by atoms with E-state index in [-0.39, 0.29) is 50.8 Å². The molecule has 4 atom stereocenters. The minimum Gasteiger partial charge on any atom is -0.459 e. The molecule has 3 amide bonds. The van der Waals surface area contributed by atoms with Gasteiger partial charge in [0.1, 0.15) is 18.8 Å². The van der Waals surface area contributed by atoms with Crippen molar-refractivity contribution < 1.29 is 33.8 Å². The third-order valence-electron chi connectivity index (χ3n) is 5.11. The molecule has 0 saturated heterocycles. The summed E-state index contributed by atoms with van der Waals surface area (Å²) in [5.74, 6) is -1.95. The van der Waals surface area contributed by atoms with Crippen molar-refractivity contribution in [3.05, 3.63) is 48.0 Å². The van der Waals surface area contributed by atoms with Crippen molar-refractivity contribution in [2.45, 2.75) is 57.9 Å². The average molecular weight is 476 g/mol. The highest BCUT2D eigenvalue weighted by Crippen LogP contribution is 2.13. The van der Waals surface area contributed by atoms with Crippen molar-refractivity contribution in [1.82, 2.24) is 16.0 Å². The first-order valence-corrected chi connectivity index (χ1v) is 11.3. The van der Waals surface area contributed by atoms with E-state index in [2.05, 4.69) is 16.0 Å². The van der Waals surface area contributed by atoms with E-state index in [1.54, 1.807) is 26.0 Å². The van der Waals surface area contributed by atoms with Gasteiger partial charge in [0, 0.05) is 12.5 Å². The van der Waals surface area contributed by atoms with Crippen LogP contribution in [0.4, 0.5) is 4.79 Å². The van der Waals surface area contributed by atoms with Crippen molar-refractivity contribution in [3.8, 4) is 0 Å². The van der Waals surface area contributed by atoms with Crippen molar-refractivity contribution >= 4 is 23.9 Å². The van der Waals surface area contributed by atoms with Crippen LogP contribution in [0.3, 0.4) is 0 Å². The second-order valence-corrected chi connectivity index (χ2v) is 8.25. The Bertz CT molecular complexity index is 859. The number of aliphatic hydroxyl groups excluding tert-OH is 1. The van der Waals surface area contributed by atoms with Gasteiger partial charge < -0.3 is 30.5 Å². The number of esters is 1. The second-order valence-electron chi connectivity index (χ2n) is 8.25. The van der Waals surface area contributed by atoms with Crippen LogP contribution in [-0.2, 0) is 30.5 Å². The minimum absolute atomic E-state index is 0.0534. The molecule has 1 heterocycles. The number of benzene rings is 1. The summed E-state index contributed by atoms with van der Waals surface area (Å²) in [4.78, 5) is 49.5. The lowest BCUT2D eigenvalue weighted by Crippen LogP contribution is -2.45. The molecule has 1 aromatic rings. The van der Waals surface area contributed by atoms with Gasteiger partial charge in [-0.3, -0.25) is 9.59 Å². The van der Waals surface area contributed by atoms with Crippen LogP contribution in [-0.4, -0.2) is 60.3 Å². The molecule has 1 aliphatic rings. The Morgan fingerprint density at radius 1 is 1.21 bits per heavy atom. The molecule has 34 heavy (non-hydrogen) atoms. The number of cyclic esters (lactones) is 1. The van der Waals surface area contributed by atoms with Crippen LogP contribution in [0.1, 0.15) is 38.7 Å². The summed E-state index contributed by atoms with van der Waals surface area (Å²) >= 11 is 0. The molecule has 0 bridgehead atoms. The van der Waals surface area contributed by atoms with Crippen LogP contribution >= 0.6 is 0 Å². The van der Waals surface area contributed by atoms with E-state index in [9.17, 15) is 19.2 Å². The molecule has 4 N–H and O–H groups in total. The Hall–Kier alpha value is -3.40. The summed E-state index contributed by atoms with van der Waals surface area (Å²) in [6.07, 6.45) is 2.30. The molecule has 0 radical (unpaired) electrons. The van der Waals surface area contributed by atoms with Crippen LogP contribution in [0.25, 0.3) is 0 Å². The highest BCUT2D eigenvalue weighted by molar-refractivity contribution is 5.86. The van der Waals surface area contributed by atoms with Gasteiger partial charge in [0.15, 0.2) is 0 Å². The first-order chi connectivity index (χ1) is 16.3. The normalized spacial score (nSPS) is 22.3. The molecule has 0 aromatic heterocycles. The maximum atomic E-state index is 12.6. The van der Waals surface area contributed by atoms with Crippen molar-refractivity contribution in [1.29, 1.82) is 0 Å². The number of nitrogens with one attached hydrogen (secondary N) is 3. The first kappa shape index (κ1) is 26.8. The lowest BCUT2D eigenvalue weighted by atomic mass is 9.98. The molecule has 186 valence electrons. The highest BCUT2D eigenvalue weighted by Gasteiger charge is 2.26. The minimum atomic E-state index is -0.968. The molecule has 1 aliphatic heterocycles. The summed E-state index contributed by atoms with van der Waals surface area (Å²) in [5, 5.41) is 16.9. The molecule has 0 saturated carbocycles. The Morgan fingerprint density at radius 3 is 2.62 bits per heavy atom. The summed E-state index contributed by atoms with van der Waals surface area (Å²) in [5.41, 5.74) is 0.812. The quantitative estimate of drug-likeness (QED) is 0.343. The largest absolute Gasteiger partial charge is 0.459 e. The summed E-state index contributed by atoms with van der Waals surface area (Å²) in [6.45, 7) is 3.20. The van der Waals surface area contributed by atoms with Crippen LogP contribution in [0.15, 0.2) is 42.5 Å². The van der Waals surface area contributed by atoms with Gasteiger partial charge in [0.25, 0.3) is 0 Å². The van der Waals surface area contributed by atoms with Gasteiger partial charge in [0.2, 0.25) is 11.8 Å². The molecular formula is C24H33N3O7. The number of ether oxygens (including phenoxy) is 2. The van der Waals surface area contributed by atoms with Crippen LogP contribution in [0.2, 0.25) is 0 Å². The van der Waals surface area contributed by atoms with Crippen molar-refractivity contribution in [2.75, 3.05) is 13.2 Å². The molecule has 0 unspecified atom stereocenters. The standard InChI is InChI=1S/C24H33N3O7/c1-16(14-28)26-21(29)12-19-10-6-7-11-20(23(31)34-17(2)13-25-22(19)30)27-24(32)33-15-18-8-4-3-5-9-18/h3-9,16-17,19-20,28H,10-15H2,1-2H3,(H,25,30)(H,26,29)(H,27,32)/t16-,17+,19-,20-/m1/s1.